The summed E-state index contributed by atoms with van der Waals surface area (Å²) >= 11 is 0. The van der Waals surface area contributed by atoms with Crippen molar-refractivity contribution in [3.8, 4) is 0 Å². The Morgan fingerprint density at radius 2 is 2.35 bits per heavy atom. The van der Waals surface area contributed by atoms with E-state index in [1.807, 2.05) is 4.68 Å². The summed E-state index contributed by atoms with van der Waals surface area (Å²) in [6.45, 7) is 3.05. The van der Waals surface area contributed by atoms with Crippen LogP contribution in [0.1, 0.15) is 23.7 Å². The second-order valence-electron chi connectivity index (χ2n) is 4.75. The lowest BCUT2D eigenvalue weighted by molar-refractivity contribution is 0.0697. The fraction of sp³-hybridized carbons (Fsp3) is 0.417. The number of aromatic nitrogens is 3. The Labute approximate surface area is 98.0 Å². The summed E-state index contributed by atoms with van der Waals surface area (Å²) in [6.07, 6.45) is 1.22. The second-order valence-corrected chi connectivity index (χ2v) is 4.75. The highest BCUT2D eigenvalue weighted by molar-refractivity contribution is 5.92. The van der Waals surface area contributed by atoms with Gasteiger partial charge in [0.25, 0.3) is 0 Å². The molecule has 0 bridgehead atoms. The maximum absolute atomic E-state index is 10.9. The molecule has 5 heteroatoms. The van der Waals surface area contributed by atoms with Gasteiger partial charge in [-0.2, -0.15) is 0 Å². The molecule has 0 amide bonds. The molecule has 1 aliphatic rings. The van der Waals surface area contributed by atoms with E-state index in [0.29, 0.717) is 5.92 Å². The number of carboxylic acid groups (broad SMARTS) is 1. The van der Waals surface area contributed by atoms with Gasteiger partial charge in [-0.3, -0.25) is 0 Å². The van der Waals surface area contributed by atoms with Crippen LogP contribution < -0.4 is 0 Å². The molecule has 0 radical (unpaired) electrons. The first-order chi connectivity index (χ1) is 8.15. The molecule has 2 aromatic rings. The van der Waals surface area contributed by atoms with Gasteiger partial charge < -0.3 is 5.11 Å². The number of aromatic carboxylic acids is 1. The van der Waals surface area contributed by atoms with Gasteiger partial charge in [0.15, 0.2) is 0 Å². The molecule has 88 valence electrons. The molecule has 2 atom stereocenters. The standard InChI is InChI=1S/C12H13N3O2/c1-7-4-9(7)6-15-11-5-8(12(16)17)2-3-10(11)13-14-15/h2-3,5,7,9H,4,6H2,1H3,(H,16,17). The molecule has 0 saturated heterocycles. The lowest BCUT2D eigenvalue weighted by Crippen LogP contribution is -2.03. The second kappa shape index (κ2) is 3.55. The molecule has 17 heavy (non-hydrogen) atoms. The van der Waals surface area contributed by atoms with Crippen LogP contribution in [0.25, 0.3) is 11.0 Å². The molecule has 1 aromatic heterocycles. The lowest BCUT2D eigenvalue weighted by Gasteiger charge is -2.01. The molecule has 1 aliphatic carbocycles. The molecular weight excluding hydrogens is 218 g/mol. The largest absolute Gasteiger partial charge is 0.478 e. The topological polar surface area (TPSA) is 68.0 Å². The maximum Gasteiger partial charge on any atom is 0.335 e. The Balaban J connectivity index is 2.00. The fourth-order valence-corrected chi connectivity index (χ4v) is 2.11. The average Bonchev–Trinajstić information content (AvgIpc) is 2.85. The number of nitrogens with zero attached hydrogens (tertiary/aromatic N) is 3. The quantitative estimate of drug-likeness (QED) is 0.874. The summed E-state index contributed by atoms with van der Waals surface area (Å²) in [5.41, 5.74) is 1.84. The SMILES string of the molecule is CC1CC1Cn1nnc2ccc(C(=O)O)cc21. The van der Waals surface area contributed by atoms with Crippen molar-refractivity contribution in [1.82, 2.24) is 15.0 Å². The Morgan fingerprint density at radius 1 is 1.59 bits per heavy atom. The van der Waals surface area contributed by atoms with Gasteiger partial charge in [0.05, 0.1) is 11.1 Å². The first-order valence-electron chi connectivity index (χ1n) is 5.71. The van der Waals surface area contributed by atoms with E-state index in [1.165, 1.54) is 6.42 Å². The van der Waals surface area contributed by atoms with E-state index >= 15 is 0 Å². The molecular formula is C12H13N3O2. The van der Waals surface area contributed by atoms with Crippen molar-refractivity contribution in [3.63, 3.8) is 0 Å². The van der Waals surface area contributed by atoms with Crippen LogP contribution in [0.4, 0.5) is 0 Å². The maximum atomic E-state index is 10.9. The van der Waals surface area contributed by atoms with Gasteiger partial charge in [-0.25, -0.2) is 9.48 Å². The number of carboxylic acids is 1. The summed E-state index contributed by atoms with van der Waals surface area (Å²) in [6, 6.07) is 4.91. The third kappa shape index (κ3) is 1.77. The van der Waals surface area contributed by atoms with E-state index in [9.17, 15) is 4.79 Å². The fourth-order valence-electron chi connectivity index (χ4n) is 2.11. The third-order valence-corrected chi connectivity index (χ3v) is 3.44. The molecule has 3 rings (SSSR count). The predicted molar refractivity (Wildman–Crippen MR) is 61.8 cm³/mol. The van der Waals surface area contributed by atoms with Crippen molar-refractivity contribution in [2.24, 2.45) is 11.8 Å². The minimum atomic E-state index is -0.917. The van der Waals surface area contributed by atoms with Gasteiger partial charge in [-0.15, -0.1) is 5.10 Å². The van der Waals surface area contributed by atoms with Crippen LogP contribution >= 0.6 is 0 Å². The highest BCUT2D eigenvalue weighted by Crippen LogP contribution is 2.39. The van der Waals surface area contributed by atoms with Gasteiger partial charge in [-0.05, 0) is 36.5 Å². The van der Waals surface area contributed by atoms with Crippen molar-refractivity contribution < 1.29 is 9.90 Å². The molecule has 1 heterocycles. The highest BCUT2D eigenvalue weighted by atomic mass is 16.4. The van der Waals surface area contributed by atoms with Gasteiger partial charge in [0.2, 0.25) is 0 Å². The summed E-state index contributed by atoms with van der Waals surface area (Å²) in [5, 5.41) is 17.1. The molecule has 1 saturated carbocycles. The normalized spacial score (nSPS) is 22.9. The van der Waals surface area contributed by atoms with Gasteiger partial charge in [0, 0.05) is 6.54 Å². The Hall–Kier alpha value is -1.91. The molecule has 1 aromatic carbocycles. The monoisotopic (exact) mass is 231 g/mol. The number of hydrogen-bond acceptors (Lipinski definition) is 3. The molecule has 1 fully saturated rings. The van der Waals surface area contributed by atoms with Crippen molar-refractivity contribution >= 4 is 17.0 Å². The van der Waals surface area contributed by atoms with E-state index in [4.69, 9.17) is 5.11 Å². The zero-order valence-electron chi connectivity index (χ0n) is 9.50. The van der Waals surface area contributed by atoms with Crippen molar-refractivity contribution in [3.05, 3.63) is 23.8 Å². The van der Waals surface area contributed by atoms with Crippen LogP contribution in [0, 0.1) is 11.8 Å². The first kappa shape index (κ1) is 10.3. The van der Waals surface area contributed by atoms with Crippen LogP contribution in [0.15, 0.2) is 18.2 Å². The number of carbonyl (C=O) groups is 1. The van der Waals surface area contributed by atoms with Crippen molar-refractivity contribution in [1.29, 1.82) is 0 Å². The molecule has 0 aliphatic heterocycles. The Kier molecular flexibility index (Phi) is 2.14. The number of fused-ring (bicyclic) bond motifs is 1. The van der Waals surface area contributed by atoms with E-state index < -0.39 is 5.97 Å². The van der Waals surface area contributed by atoms with E-state index in [0.717, 1.165) is 23.5 Å². The molecule has 1 N–H and O–H groups in total. The summed E-state index contributed by atoms with van der Waals surface area (Å²) in [7, 11) is 0. The van der Waals surface area contributed by atoms with Crippen molar-refractivity contribution in [2.45, 2.75) is 19.9 Å². The Morgan fingerprint density at radius 3 is 3.00 bits per heavy atom. The molecule has 5 nitrogen and oxygen atoms in total. The van der Waals surface area contributed by atoms with E-state index in [1.54, 1.807) is 18.2 Å². The van der Waals surface area contributed by atoms with Crippen LogP contribution in [0.3, 0.4) is 0 Å². The highest BCUT2D eigenvalue weighted by Gasteiger charge is 2.33. The first-order valence-corrected chi connectivity index (χ1v) is 5.71. The molecule has 0 spiro atoms. The van der Waals surface area contributed by atoms with Crippen molar-refractivity contribution in [2.75, 3.05) is 0 Å². The van der Waals surface area contributed by atoms with Gasteiger partial charge in [0.1, 0.15) is 5.52 Å². The van der Waals surface area contributed by atoms with Crippen LogP contribution in [-0.2, 0) is 6.54 Å². The summed E-state index contributed by atoms with van der Waals surface area (Å²) < 4.78 is 1.82. The van der Waals surface area contributed by atoms with Crippen LogP contribution in [-0.4, -0.2) is 26.1 Å². The number of benzene rings is 1. The number of hydrogen-bond donors (Lipinski definition) is 1. The summed E-state index contributed by atoms with van der Waals surface area (Å²) in [5.74, 6) is 0.490. The number of rotatable bonds is 3. The predicted octanol–water partition coefficient (Wildman–Crippen LogP) is 1.79. The lowest BCUT2D eigenvalue weighted by atomic mass is 10.2. The van der Waals surface area contributed by atoms with Gasteiger partial charge in [-0.1, -0.05) is 12.1 Å². The summed E-state index contributed by atoms with van der Waals surface area (Å²) in [4.78, 5) is 10.9. The zero-order chi connectivity index (χ0) is 12.0. The average molecular weight is 231 g/mol. The smallest absolute Gasteiger partial charge is 0.335 e. The van der Waals surface area contributed by atoms with E-state index in [-0.39, 0.29) is 5.56 Å². The van der Waals surface area contributed by atoms with Gasteiger partial charge >= 0.3 is 5.97 Å². The minimum Gasteiger partial charge on any atom is -0.478 e. The van der Waals surface area contributed by atoms with Crippen LogP contribution in [0.5, 0.6) is 0 Å². The van der Waals surface area contributed by atoms with E-state index in [2.05, 4.69) is 17.2 Å². The Bertz CT molecular complexity index is 590. The molecule has 2 unspecified atom stereocenters. The minimum absolute atomic E-state index is 0.282. The third-order valence-electron chi connectivity index (χ3n) is 3.44. The zero-order valence-corrected chi connectivity index (χ0v) is 9.50. The van der Waals surface area contributed by atoms with Crippen LogP contribution in [0.2, 0.25) is 0 Å².